The summed E-state index contributed by atoms with van der Waals surface area (Å²) < 4.78 is 65.2. The number of methoxy groups -OCH3 is 1. The molecule has 4 aliphatic rings. The summed E-state index contributed by atoms with van der Waals surface area (Å²) in [6.45, 7) is 42.3. The fourth-order valence-corrected chi connectivity index (χ4v) is 9.18. The largest absolute Gasteiger partial charge is 0.489 e. The first-order chi connectivity index (χ1) is 38.1. The molecule has 0 amide bonds. The Balaban J connectivity index is 0.000000298. The average Bonchev–Trinajstić information content (AvgIpc) is 3.45. The highest BCUT2D eigenvalue weighted by Gasteiger charge is 2.21. The highest BCUT2D eigenvalue weighted by Crippen LogP contribution is 2.34. The van der Waals surface area contributed by atoms with Gasteiger partial charge in [-0.1, -0.05) is 92.6 Å². The molecule has 4 saturated heterocycles. The van der Waals surface area contributed by atoms with E-state index in [2.05, 4.69) is 154 Å². The van der Waals surface area contributed by atoms with Gasteiger partial charge in [0.05, 0.1) is 131 Å². The Morgan fingerprint density at radius 2 is 0.608 bits per heavy atom. The first kappa shape index (κ1) is 66.2. The van der Waals surface area contributed by atoms with Crippen molar-refractivity contribution < 1.29 is 52.1 Å². The number of ether oxygens (including phenoxy) is 11. The SMILES string of the molecule is CC(C)(C)c1ccc(N2CCOCCOCCN(c3ccc(C(C)(C)C)cc3)CCOCC2)cc1.COCCOc1cc(C(C)(C)C)ccc1N1CCOCCN2CCOCCOCCN(CCOCCOCC2)CCOCC1. The zero-order chi connectivity index (χ0) is 56.6. The first-order valence-corrected chi connectivity index (χ1v) is 29.5. The third-order valence-corrected chi connectivity index (χ3v) is 14.4. The van der Waals surface area contributed by atoms with Crippen LogP contribution in [0.4, 0.5) is 17.1 Å². The average molecular weight is 1110 g/mol. The lowest BCUT2D eigenvalue weighted by Crippen LogP contribution is -2.35. The topological polar surface area (TPSA) is 118 Å². The number of rotatable bonds is 7. The van der Waals surface area contributed by atoms with Crippen molar-refractivity contribution in [3.63, 3.8) is 0 Å². The van der Waals surface area contributed by atoms with E-state index in [1.807, 2.05) is 0 Å². The van der Waals surface area contributed by atoms with E-state index < -0.39 is 0 Å². The number of benzene rings is 3. The molecule has 0 unspecified atom stereocenters. The van der Waals surface area contributed by atoms with Gasteiger partial charge < -0.3 is 66.8 Å². The fourth-order valence-electron chi connectivity index (χ4n) is 9.18. The van der Waals surface area contributed by atoms with Crippen molar-refractivity contribution in [1.29, 1.82) is 0 Å². The molecule has 16 heteroatoms. The zero-order valence-electron chi connectivity index (χ0n) is 50.7. The van der Waals surface area contributed by atoms with Crippen LogP contribution in [0.1, 0.15) is 79.0 Å². The minimum absolute atomic E-state index is 0.0117. The second-order valence-corrected chi connectivity index (χ2v) is 23.5. The van der Waals surface area contributed by atoms with Gasteiger partial charge in [0, 0.05) is 97.0 Å². The minimum Gasteiger partial charge on any atom is -0.489 e. The highest BCUT2D eigenvalue weighted by molar-refractivity contribution is 5.60. The monoisotopic (exact) mass is 1110 g/mol. The standard InChI is InChI=1S/C33H59N3O8.C30H46N2O3/c1-33(2,3)30-5-6-31(32(29-30)44-28-23-37-4)36-13-21-38-15-7-34-9-17-40-24-26-42-19-11-35(8-16-39-22-14-36)12-20-43-27-25-41-18-10-34;1-29(2,3)25-7-11-27(12-8-25)31-15-19-33-20-16-32(18-22-35-24-23-34-21-17-31)28-13-9-26(10-14-28)30(4,5)6/h5-6,29H,7-28H2,1-4H3;7-14H,15-24H2,1-6H3. The molecule has 79 heavy (non-hydrogen) atoms. The quantitative estimate of drug-likeness (QED) is 0.167. The Kier molecular flexibility index (Phi) is 30.8. The van der Waals surface area contributed by atoms with Crippen molar-refractivity contribution in [2.24, 2.45) is 0 Å². The van der Waals surface area contributed by atoms with Crippen molar-refractivity contribution in [3.8, 4) is 5.75 Å². The van der Waals surface area contributed by atoms with Gasteiger partial charge in [0.25, 0.3) is 0 Å². The molecule has 0 saturated carbocycles. The fraction of sp³-hybridized carbons (Fsp3) is 0.714. The smallest absolute Gasteiger partial charge is 0.143 e. The maximum Gasteiger partial charge on any atom is 0.143 e. The van der Waals surface area contributed by atoms with Crippen LogP contribution in [0, 0.1) is 0 Å². The number of hydrogen-bond acceptors (Lipinski definition) is 16. The summed E-state index contributed by atoms with van der Waals surface area (Å²) in [5.41, 5.74) is 7.72. The van der Waals surface area contributed by atoms with E-state index in [1.54, 1.807) is 7.11 Å². The van der Waals surface area contributed by atoms with Crippen LogP contribution < -0.4 is 19.4 Å². The minimum atomic E-state index is 0.0117. The van der Waals surface area contributed by atoms with E-state index in [1.165, 1.54) is 28.1 Å². The van der Waals surface area contributed by atoms with Crippen LogP contribution in [0.3, 0.4) is 0 Å². The molecule has 4 heterocycles. The highest BCUT2D eigenvalue weighted by atomic mass is 16.5. The molecule has 7 rings (SSSR count). The van der Waals surface area contributed by atoms with Crippen LogP contribution >= 0.6 is 0 Å². The van der Waals surface area contributed by atoms with Gasteiger partial charge in [0.2, 0.25) is 0 Å². The van der Waals surface area contributed by atoms with Crippen molar-refractivity contribution >= 4 is 17.1 Å². The molecule has 0 radical (unpaired) electrons. The molecule has 3 aromatic carbocycles. The number of nitrogens with zero attached hydrogens (tertiary/aromatic N) is 5. The third kappa shape index (κ3) is 26.4. The summed E-state index contributed by atoms with van der Waals surface area (Å²) >= 11 is 0. The molecule has 0 N–H and O–H groups in total. The van der Waals surface area contributed by atoms with Crippen LogP contribution in [-0.4, -0.2) is 228 Å². The predicted molar refractivity (Wildman–Crippen MR) is 320 cm³/mol. The van der Waals surface area contributed by atoms with Gasteiger partial charge >= 0.3 is 0 Å². The Labute approximate surface area is 477 Å². The lowest BCUT2D eigenvalue weighted by atomic mass is 9.87. The van der Waals surface area contributed by atoms with Crippen LogP contribution in [0.2, 0.25) is 0 Å². The van der Waals surface area contributed by atoms with Crippen LogP contribution in [0.5, 0.6) is 5.75 Å². The molecule has 0 aromatic heterocycles. The zero-order valence-corrected chi connectivity index (χ0v) is 50.7. The van der Waals surface area contributed by atoms with Crippen molar-refractivity contribution in [2.75, 3.05) is 232 Å². The Hall–Kier alpha value is -3.62. The normalized spacial score (nSPS) is 21.4. The molecule has 0 aliphatic carbocycles. The first-order valence-electron chi connectivity index (χ1n) is 29.5. The molecule has 0 atom stereocenters. The second-order valence-electron chi connectivity index (χ2n) is 23.5. The molecule has 0 spiro atoms. The summed E-state index contributed by atoms with van der Waals surface area (Å²) in [6.07, 6.45) is 0. The summed E-state index contributed by atoms with van der Waals surface area (Å²) in [5.74, 6) is 0.864. The summed E-state index contributed by atoms with van der Waals surface area (Å²) in [5, 5.41) is 0. The van der Waals surface area contributed by atoms with Crippen molar-refractivity contribution in [3.05, 3.63) is 83.4 Å². The summed E-state index contributed by atoms with van der Waals surface area (Å²) in [4.78, 5) is 11.7. The summed E-state index contributed by atoms with van der Waals surface area (Å²) in [7, 11) is 1.69. The van der Waals surface area contributed by atoms with Crippen LogP contribution in [0.15, 0.2) is 66.7 Å². The van der Waals surface area contributed by atoms with E-state index in [4.69, 9.17) is 52.1 Å². The molecule has 2 bridgehead atoms. The van der Waals surface area contributed by atoms with Crippen molar-refractivity contribution in [2.45, 2.75) is 78.6 Å². The molecule has 4 aliphatic heterocycles. The van der Waals surface area contributed by atoms with Crippen molar-refractivity contribution in [1.82, 2.24) is 9.80 Å². The number of fused-ring (bicyclic) bond motifs is 24. The van der Waals surface area contributed by atoms with Gasteiger partial charge in [-0.2, -0.15) is 0 Å². The Morgan fingerprint density at radius 3 is 0.911 bits per heavy atom. The van der Waals surface area contributed by atoms with Crippen LogP contribution in [-0.2, 0) is 63.6 Å². The second kappa shape index (κ2) is 36.8. The van der Waals surface area contributed by atoms with Gasteiger partial charge in [-0.15, -0.1) is 0 Å². The lowest BCUT2D eigenvalue weighted by molar-refractivity contribution is 0.00172. The van der Waals surface area contributed by atoms with E-state index in [0.29, 0.717) is 132 Å². The molecular formula is C63H105N5O11. The molecule has 4 fully saturated rings. The third-order valence-electron chi connectivity index (χ3n) is 14.4. The van der Waals surface area contributed by atoms with E-state index in [-0.39, 0.29) is 16.2 Å². The van der Waals surface area contributed by atoms with Crippen LogP contribution in [0.25, 0.3) is 0 Å². The molecule has 16 nitrogen and oxygen atoms in total. The van der Waals surface area contributed by atoms with E-state index in [0.717, 1.165) is 90.0 Å². The maximum atomic E-state index is 6.26. The summed E-state index contributed by atoms with van der Waals surface area (Å²) in [6, 6.07) is 24.4. The Morgan fingerprint density at radius 1 is 0.329 bits per heavy atom. The van der Waals surface area contributed by atoms with Gasteiger partial charge in [0.1, 0.15) is 12.4 Å². The van der Waals surface area contributed by atoms with Gasteiger partial charge in [-0.25, -0.2) is 0 Å². The van der Waals surface area contributed by atoms with E-state index >= 15 is 0 Å². The molecular weight excluding hydrogens is 1000 g/mol. The number of anilines is 3. The van der Waals surface area contributed by atoms with E-state index in [9.17, 15) is 0 Å². The van der Waals surface area contributed by atoms with Gasteiger partial charge in [-0.05, 0) is 69.3 Å². The lowest BCUT2D eigenvalue weighted by Gasteiger charge is -2.29. The Bertz CT molecular complexity index is 1900. The molecule has 448 valence electrons. The maximum absolute atomic E-state index is 6.26. The number of hydrogen-bond donors (Lipinski definition) is 0. The predicted octanol–water partition coefficient (Wildman–Crippen LogP) is 8.20. The molecule has 3 aromatic rings. The van der Waals surface area contributed by atoms with Gasteiger partial charge in [-0.3, -0.25) is 9.80 Å². The van der Waals surface area contributed by atoms with Gasteiger partial charge in [0.15, 0.2) is 0 Å².